The normalized spacial score (nSPS) is 18.5. The van der Waals surface area contributed by atoms with Crippen LogP contribution < -0.4 is 9.64 Å². The summed E-state index contributed by atoms with van der Waals surface area (Å²) in [4.78, 5) is 42.7. The van der Waals surface area contributed by atoms with Gasteiger partial charge in [0.25, 0.3) is 0 Å². The second-order valence-electron chi connectivity index (χ2n) is 13.6. The molecule has 4 heterocycles. The number of rotatable bonds is 3. The molecule has 0 radical (unpaired) electrons. The molecule has 2 aliphatic rings. The summed E-state index contributed by atoms with van der Waals surface area (Å²) in [5, 5.41) is 1.49. The van der Waals surface area contributed by atoms with Gasteiger partial charge < -0.3 is 14.4 Å². The van der Waals surface area contributed by atoms with Crippen molar-refractivity contribution in [3.05, 3.63) is 52.7 Å². The average molecular weight is 655 g/mol. The summed E-state index contributed by atoms with van der Waals surface area (Å²) in [7, 11) is 0. The fraction of sp³-hybridized carbons (Fsp3) is 0.424. The van der Waals surface area contributed by atoms with E-state index >= 15 is 4.39 Å². The molecule has 2 aliphatic heterocycles. The highest BCUT2D eigenvalue weighted by atomic mass is 35.5. The van der Waals surface area contributed by atoms with Gasteiger partial charge in [0.05, 0.1) is 22.9 Å². The Labute approximate surface area is 270 Å². The Bertz CT molecular complexity index is 1840. The van der Waals surface area contributed by atoms with Gasteiger partial charge in [-0.15, -0.1) is 0 Å². The van der Waals surface area contributed by atoms with Crippen LogP contribution in [0.3, 0.4) is 0 Å². The third kappa shape index (κ3) is 5.97. The van der Waals surface area contributed by atoms with Crippen LogP contribution in [0.4, 0.5) is 15.0 Å². The summed E-state index contributed by atoms with van der Waals surface area (Å²) in [6.45, 7) is 11.7. The largest absolute Gasteiger partial charge is 0.444 e. The zero-order chi connectivity index (χ0) is 32.4. The summed E-state index contributed by atoms with van der Waals surface area (Å²) in [5.41, 5.74) is -1.12. The van der Waals surface area contributed by atoms with Crippen LogP contribution in [0.1, 0.15) is 54.4 Å². The Morgan fingerprint density at radius 3 is 2.27 bits per heavy atom. The van der Waals surface area contributed by atoms with E-state index in [1.807, 2.05) is 49.9 Å². The average Bonchev–Trinajstić information content (AvgIpc) is 3.22. The molecule has 0 aliphatic carbocycles. The van der Waals surface area contributed by atoms with E-state index < -0.39 is 22.8 Å². The minimum Gasteiger partial charge on any atom is -0.444 e. The van der Waals surface area contributed by atoms with Gasteiger partial charge in [-0.3, -0.25) is 9.69 Å². The number of pyridine rings is 1. The van der Waals surface area contributed by atoms with Gasteiger partial charge in [0.2, 0.25) is 5.28 Å². The van der Waals surface area contributed by atoms with Crippen molar-refractivity contribution in [3.8, 4) is 17.0 Å². The first kappa shape index (κ1) is 31.2. The third-order valence-corrected chi connectivity index (χ3v) is 8.44. The highest BCUT2D eigenvalue weighted by Crippen LogP contribution is 2.42. The van der Waals surface area contributed by atoms with Gasteiger partial charge in [0.15, 0.2) is 5.82 Å². The SMILES string of the molecule is CC(C)(C)OC(=O)N1C2CCC1CN(c1nc(Cl)nc3c(F)c(-c4cc(OC(=O)C(C)(C)C)cc5ccccc45)nc(Cl)c13)C2. The molecule has 2 saturated heterocycles. The molecule has 2 bridgehead atoms. The van der Waals surface area contributed by atoms with Gasteiger partial charge in [0.1, 0.15) is 33.5 Å². The molecule has 236 valence electrons. The molecule has 0 N–H and O–H groups in total. The highest BCUT2D eigenvalue weighted by molar-refractivity contribution is 6.36. The van der Waals surface area contributed by atoms with Crippen LogP contribution in [-0.2, 0) is 9.53 Å². The van der Waals surface area contributed by atoms with Gasteiger partial charge in [-0.2, -0.15) is 4.98 Å². The van der Waals surface area contributed by atoms with Crippen molar-refractivity contribution in [2.75, 3.05) is 18.0 Å². The van der Waals surface area contributed by atoms with Crippen LogP contribution in [0, 0.1) is 11.2 Å². The quantitative estimate of drug-likeness (QED) is 0.0955. The Morgan fingerprint density at radius 1 is 0.956 bits per heavy atom. The molecular weight excluding hydrogens is 620 g/mol. The van der Waals surface area contributed by atoms with Gasteiger partial charge in [-0.1, -0.05) is 35.9 Å². The molecule has 45 heavy (non-hydrogen) atoms. The lowest BCUT2D eigenvalue weighted by Crippen LogP contribution is -2.57. The summed E-state index contributed by atoms with van der Waals surface area (Å²) in [6.07, 6.45) is 1.24. The molecule has 2 aromatic heterocycles. The van der Waals surface area contributed by atoms with Gasteiger partial charge in [-0.05, 0) is 88.9 Å². The van der Waals surface area contributed by atoms with Crippen molar-refractivity contribution in [2.24, 2.45) is 5.41 Å². The van der Waals surface area contributed by atoms with E-state index in [2.05, 4.69) is 15.0 Å². The maximum Gasteiger partial charge on any atom is 0.410 e. The molecule has 2 unspecified atom stereocenters. The molecule has 0 spiro atoms. The molecule has 6 rings (SSSR count). The predicted octanol–water partition coefficient (Wildman–Crippen LogP) is 7.83. The van der Waals surface area contributed by atoms with Crippen LogP contribution in [0.5, 0.6) is 5.75 Å². The van der Waals surface area contributed by atoms with E-state index in [1.54, 1.807) is 37.8 Å². The topological polar surface area (TPSA) is 97.8 Å². The first-order valence-corrected chi connectivity index (χ1v) is 15.6. The zero-order valence-electron chi connectivity index (χ0n) is 26.0. The van der Waals surface area contributed by atoms with Crippen LogP contribution in [0.15, 0.2) is 36.4 Å². The van der Waals surface area contributed by atoms with Crippen molar-refractivity contribution in [1.29, 1.82) is 0 Å². The number of hydrogen-bond donors (Lipinski definition) is 0. The summed E-state index contributed by atoms with van der Waals surface area (Å²) in [6, 6.07) is 10.4. The molecular formula is C33H34Cl2FN5O4. The highest BCUT2D eigenvalue weighted by Gasteiger charge is 2.45. The van der Waals surface area contributed by atoms with Crippen molar-refractivity contribution < 1.29 is 23.5 Å². The van der Waals surface area contributed by atoms with Gasteiger partial charge in [-0.25, -0.2) is 19.2 Å². The molecule has 9 nitrogen and oxygen atoms in total. The molecule has 1 amide bonds. The standard InChI is InChI=1S/C33H34Cl2FN5O4/c1-32(2,3)29(42)44-20-13-17-9-7-8-10-21(17)22(14-20)25-24(36)26-23(27(34)37-25)28(39-30(35)38-26)40-15-18-11-12-19(16-40)41(18)31(43)45-33(4,5)6/h7-10,13-14,18-19H,11-12,15-16H2,1-6H3. The van der Waals surface area contributed by atoms with Crippen LogP contribution >= 0.6 is 23.2 Å². The van der Waals surface area contributed by atoms with E-state index in [4.69, 9.17) is 32.7 Å². The fourth-order valence-electron chi connectivity index (χ4n) is 5.98. The molecule has 12 heteroatoms. The Balaban J connectivity index is 1.43. The molecule has 2 fully saturated rings. The lowest BCUT2D eigenvalue weighted by Gasteiger charge is -2.42. The third-order valence-electron chi connectivity index (χ3n) is 7.99. The lowest BCUT2D eigenvalue weighted by molar-refractivity contribution is -0.142. The number of piperazine rings is 1. The van der Waals surface area contributed by atoms with Gasteiger partial charge in [0, 0.05) is 18.7 Å². The number of halogens is 3. The van der Waals surface area contributed by atoms with Gasteiger partial charge >= 0.3 is 12.1 Å². The second-order valence-corrected chi connectivity index (χ2v) is 14.3. The van der Waals surface area contributed by atoms with E-state index in [9.17, 15) is 9.59 Å². The molecule has 4 aromatic rings. The molecule has 0 saturated carbocycles. The van der Waals surface area contributed by atoms with Crippen molar-refractivity contribution in [1.82, 2.24) is 19.9 Å². The summed E-state index contributed by atoms with van der Waals surface area (Å²) >= 11 is 13.2. The van der Waals surface area contributed by atoms with Crippen LogP contribution in [0.25, 0.3) is 32.9 Å². The Hall–Kier alpha value is -3.76. The second kappa shape index (κ2) is 11.2. The number of hydrogen-bond acceptors (Lipinski definition) is 8. The first-order valence-electron chi connectivity index (χ1n) is 14.8. The molecule has 2 atom stereocenters. The van der Waals surface area contributed by atoms with E-state index in [0.29, 0.717) is 29.9 Å². The minimum absolute atomic E-state index is 0.00356. The van der Waals surface area contributed by atoms with E-state index in [1.165, 1.54) is 0 Å². The minimum atomic E-state index is -0.747. The van der Waals surface area contributed by atoms with E-state index in [0.717, 1.165) is 18.2 Å². The van der Waals surface area contributed by atoms with Crippen LogP contribution in [0.2, 0.25) is 10.4 Å². The maximum absolute atomic E-state index is 16.6. The number of amides is 1. The Morgan fingerprint density at radius 2 is 1.62 bits per heavy atom. The van der Waals surface area contributed by atoms with Crippen molar-refractivity contribution in [2.45, 2.75) is 72.1 Å². The van der Waals surface area contributed by atoms with E-state index in [-0.39, 0.29) is 51.0 Å². The molecule has 2 aromatic carbocycles. The summed E-state index contributed by atoms with van der Waals surface area (Å²) < 4.78 is 28.0. The zero-order valence-corrected chi connectivity index (χ0v) is 27.5. The summed E-state index contributed by atoms with van der Waals surface area (Å²) in [5.74, 6) is -0.564. The number of anilines is 1. The number of nitrogens with zero attached hydrogens (tertiary/aromatic N) is 5. The number of aromatic nitrogens is 3. The number of fused-ring (bicyclic) bond motifs is 4. The van der Waals surface area contributed by atoms with Crippen molar-refractivity contribution in [3.63, 3.8) is 0 Å². The number of carbonyl (C=O) groups is 2. The van der Waals surface area contributed by atoms with Crippen molar-refractivity contribution >= 4 is 62.8 Å². The number of esters is 1. The number of ether oxygens (including phenoxy) is 2. The monoisotopic (exact) mass is 653 g/mol. The lowest BCUT2D eigenvalue weighted by atomic mass is 9.97. The predicted molar refractivity (Wildman–Crippen MR) is 172 cm³/mol. The number of benzene rings is 2. The smallest absolute Gasteiger partial charge is 0.410 e. The van der Waals surface area contributed by atoms with Crippen LogP contribution in [-0.4, -0.2) is 62.7 Å². The number of carbonyl (C=O) groups excluding carboxylic acids is 2. The Kier molecular flexibility index (Phi) is 7.80. The fourth-order valence-corrected chi connectivity index (χ4v) is 6.40. The first-order chi connectivity index (χ1) is 21.1. The maximum atomic E-state index is 16.6.